The fourth-order valence-corrected chi connectivity index (χ4v) is 1.47. The highest BCUT2D eigenvalue weighted by molar-refractivity contribution is 5.97. The van der Waals surface area contributed by atoms with Crippen LogP contribution in [0.1, 0.15) is 23.7 Å². The van der Waals surface area contributed by atoms with E-state index in [2.05, 4.69) is 0 Å². The van der Waals surface area contributed by atoms with Gasteiger partial charge in [-0.25, -0.2) is 0 Å². The molecule has 17 heavy (non-hydrogen) atoms. The van der Waals surface area contributed by atoms with Crippen LogP contribution in [0.15, 0.2) is 18.2 Å². The van der Waals surface area contributed by atoms with Crippen LogP contribution in [-0.2, 0) is 4.74 Å². The molecule has 0 saturated heterocycles. The van der Waals surface area contributed by atoms with E-state index in [1.165, 1.54) is 0 Å². The van der Waals surface area contributed by atoms with Gasteiger partial charge in [0.25, 0.3) is 0 Å². The normalized spacial score (nSPS) is 12.0. The van der Waals surface area contributed by atoms with Gasteiger partial charge in [-0.3, -0.25) is 4.79 Å². The molecule has 0 aliphatic carbocycles. The van der Waals surface area contributed by atoms with E-state index in [0.717, 1.165) is 0 Å². The van der Waals surface area contributed by atoms with Gasteiger partial charge in [0.15, 0.2) is 17.3 Å². The van der Waals surface area contributed by atoms with Crippen LogP contribution in [0.2, 0.25) is 0 Å². The minimum atomic E-state index is -0.0874. The smallest absolute Gasteiger partial charge is 0.165 e. The van der Waals surface area contributed by atoms with Crippen molar-refractivity contribution in [3.63, 3.8) is 0 Å². The van der Waals surface area contributed by atoms with E-state index in [1.54, 1.807) is 39.5 Å². The minimum absolute atomic E-state index is 0.0281. The minimum Gasteiger partial charge on any atom is -0.493 e. The largest absolute Gasteiger partial charge is 0.493 e. The molecule has 1 atom stereocenters. The van der Waals surface area contributed by atoms with Crippen molar-refractivity contribution in [3.05, 3.63) is 23.8 Å². The van der Waals surface area contributed by atoms with Crippen LogP contribution in [0.25, 0.3) is 0 Å². The third-order valence-corrected chi connectivity index (χ3v) is 2.58. The third kappa shape index (κ3) is 3.46. The maximum Gasteiger partial charge on any atom is 0.165 e. The number of Topliss-reactive ketones (excluding diaryl/α,β-unsaturated/α-hetero) is 1. The first-order chi connectivity index (χ1) is 8.12. The molecule has 4 nitrogen and oxygen atoms in total. The van der Waals surface area contributed by atoms with Gasteiger partial charge in [0, 0.05) is 19.1 Å². The van der Waals surface area contributed by atoms with Gasteiger partial charge in [-0.2, -0.15) is 0 Å². The number of rotatable bonds is 6. The Morgan fingerprint density at radius 2 is 1.82 bits per heavy atom. The molecule has 1 rings (SSSR count). The molecule has 0 radical (unpaired) electrons. The van der Waals surface area contributed by atoms with Gasteiger partial charge in [0.2, 0.25) is 0 Å². The highest BCUT2D eigenvalue weighted by Crippen LogP contribution is 2.28. The molecule has 94 valence electrons. The van der Waals surface area contributed by atoms with Crippen LogP contribution in [0.5, 0.6) is 11.5 Å². The summed E-state index contributed by atoms with van der Waals surface area (Å²) in [5, 5.41) is 0. The maximum absolute atomic E-state index is 11.9. The molecule has 0 aliphatic heterocycles. The molecule has 0 saturated carbocycles. The molecule has 1 aromatic carbocycles. The van der Waals surface area contributed by atoms with Gasteiger partial charge < -0.3 is 14.2 Å². The number of hydrogen-bond donors (Lipinski definition) is 0. The van der Waals surface area contributed by atoms with Gasteiger partial charge in [-0.05, 0) is 25.1 Å². The van der Waals surface area contributed by atoms with Crippen LogP contribution in [0, 0.1) is 0 Å². The molecule has 0 N–H and O–H groups in total. The lowest BCUT2D eigenvalue weighted by atomic mass is 10.1. The molecule has 0 amide bonds. The van der Waals surface area contributed by atoms with E-state index in [-0.39, 0.29) is 11.9 Å². The molecule has 0 heterocycles. The van der Waals surface area contributed by atoms with E-state index < -0.39 is 0 Å². The van der Waals surface area contributed by atoms with Crippen LogP contribution >= 0.6 is 0 Å². The number of ketones is 1. The second kappa shape index (κ2) is 6.25. The Labute approximate surface area is 101 Å². The zero-order valence-corrected chi connectivity index (χ0v) is 10.6. The van der Waals surface area contributed by atoms with E-state index in [1.807, 2.05) is 6.92 Å². The molecule has 1 aromatic rings. The predicted molar refractivity (Wildman–Crippen MR) is 65.0 cm³/mol. The van der Waals surface area contributed by atoms with Crippen molar-refractivity contribution >= 4 is 5.78 Å². The van der Waals surface area contributed by atoms with Gasteiger partial charge >= 0.3 is 0 Å². The average molecular weight is 238 g/mol. The Morgan fingerprint density at radius 1 is 1.18 bits per heavy atom. The topological polar surface area (TPSA) is 44.8 Å². The van der Waals surface area contributed by atoms with Crippen LogP contribution in [-0.4, -0.2) is 33.2 Å². The summed E-state index contributed by atoms with van der Waals surface area (Å²) in [7, 11) is 4.70. The van der Waals surface area contributed by atoms with E-state index in [4.69, 9.17) is 14.2 Å². The third-order valence-electron chi connectivity index (χ3n) is 2.58. The van der Waals surface area contributed by atoms with Gasteiger partial charge in [-0.15, -0.1) is 0 Å². The molecule has 4 heteroatoms. The summed E-state index contributed by atoms with van der Waals surface area (Å²) in [4.78, 5) is 11.9. The van der Waals surface area contributed by atoms with Gasteiger partial charge in [-0.1, -0.05) is 0 Å². The summed E-state index contributed by atoms with van der Waals surface area (Å²) in [5.74, 6) is 1.20. The second-order valence-corrected chi connectivity index (χ2v) is 3.74. The number of hydrogen-bond acceptors (Lipinski definition) is 4. The Kier molecular flexibility index (Phi) is 4.97. The second-order valence-electron chi connectivity index (χ2n) is 3.74. The van der Waals surface area contributed by atoms with Crippen molar-refractivity contribution in [1.29, 1.82) is 0 Å². The fraction of sp³-hybridized carbons (Fsp3) is 0.462. The summed E-state index contributed by atoms with van der Waals surface area (Å²) >= 11 is 0. The first-order valence-corrected chi connectivity index (χ1v) is 5.40. The fourth-order valence-electron chi connectivity index (χ4n) is 1.47. The monoisotopic (exact) mass is 238 g/mol. The number of carbonyl (C=O) groups is 1. The summed E-state index contributed by atoms with van der Waals surface area (Å²) in [6.45, 7) is 1.86. The van der Waals surface area contributed by atoms with Gasteiger partial charge in [0.1, 0.15) is 0 Å². The van der Waals surface area contributed by atoms with E-state index in [0.29, 0.717) is 23.5 Å². The highest BCUT2D eigenvalue weighted by Gasteiger charge is 2.13. The van der Waals surface area contributed by atoms with Crippen LogP contribution in [0.3, 0.4) is 0 Å². The summed E-state index contributed by atoms with van der Waals surface area (Å²) in [6.07, 6.45) is 0.266. The van der Waals surface area contributed by atoms with Crippen molar-refractivity contribution in [3.8, 4) is 11.5 Å². The lowest BCUT2D eigenvalue weighted by Gasteiger charge is -2.11. The van der Waals surface area contributed by atoms with Crippen molar-refractivity contribution in [1.82, 2.24) is 0 Å². The summed E-state index contributed by atoms with van der Waals surface area (Å²) in [5.41, 5.74) is 0.603. The number of carbonyl (C=O) groups excluding carboxylic acids is 1. The van der Waals surface area contributed by atoms with Crippen LogP contribution < -0.4 is 9.47 Å². The summed E-state index contributed by atoms with van der Waals surface area (Å²) < 4.78 is 15.3. The van der Waals surface area contributed by atoms with Crippen molar-refractivity contribution in [2.45, 2.75) is 19.4 Å². The number of benzene rings is 1. The van der Waals surface area contributed by atoms with Gasteiger partial charge in [0.05, 0.1) is 20.3 Å². The van der Waals surface area contributed by atoms with E-state index in [9.17, 15) is 4.79 Å². The zero-order chi connectivity index (χ0) is 12.8. The molecular weight excluding hydrogens is 220 g/mol. The number of ether oxygens (including phenoxy) is 3. The highest BCUT2D eigenvalue weighted by atomic mass is 16.5. The molecular formula is C13H18O4. The predicted octanol–water partition coefficient (Wildman–Crippen LogP) is 2.31. The standard InChI is InChI=1S/C13H18O4/c1-9(15-2)7-11(14)10-5-6-12(16-3)13(8-10)17-4/h5-6,8-9H,7H2,1-4H3. The lowest BCUT2D eigenvalue weighted by molar-refractivity contribution is 0.0791. The first-order valence-electron chi connectivity index (χ1n) is 5.40. The van der Waals surface area contributed by atoms with Crippen molar-refractivity contribution in [2.24, 2.45) is 0 Å². The van der Waals surface area contributed by atoms with E-state index >= 15 is 0 Å². The Balaban J connectivity index is 2.88. The molecule has 0 bridgehead atoms. The SMILES string of the molecule is COc1ccc(C(=O)CC(C)OC)cc1OC. The Hall–Kier alpha value is -1.55. The lowest BCUT2D eigenvalue weighted by Crippen LogP contribution is -2.12. The zero-order valence-electron chi connectivity index (χ0n) is 10.6. The maximum atomic E-state index is 11.9. The van der Waals surface area contributed by atoms with Crippen LogP contribution in [0.4, 0.5) is 0 Å². The quantitative estimate of drug-likeness (QED) is 0.713. The Morgan fingerprint density at radius 3 is 2.35 bits per heavy atom. The Bertz CT molecular complexity index is 387. The molecule has 0 spiro atoms. The van der Waals surface area contributed by atoms with Crippen molar-refractivity contribution < 1.29 is 19.0 Å². The molecule has 0 aliphatic rings. The molecule has 0 fully saturated rings. The molecule has 0 aromatic heterocycles. The number of methoxy groups -OCH3 is 3. The average Bonchev–Trinajstić information content (AvgIpc) is 2.37. The summed E-state index contributed by atoms with van der Waals surface area (Å²) in [6, 6.07) is 5.14. The van der Waals surface area contributed by atoms with Crippen molar-refractivity contribution in [2.75, 3.05) is 21.3 Å². The first kappa shape index (κ1) is 13.5. The molecule has 1 unspecified atom stereocenters.